The highest BCUT2D eigenvalue weighted by Gasteiger charge is 2.30. The second kappa shape index (κ2) is 8.00. The van der Waals surface area contributed by atoms with Gasteiger partial charge in [-0.15, -0.1) is 0 Å². The van der Waals surface area contributed by atoms with E-state index in [0.29, 0.717) is 24.1 Å². The lowest BCUT2D eigenvalue weighted by molar-refractivity contribution is 0.111. The predicted octanol–water partition coefficient (Wildman–Crippen LogP) is 2.55. The van der Waals surface area contributed by atoms with E-state index in [9.17, 15) is 8.42 Å². The normalized spacial score (nSPS) is 22.0. The summed E-state index contributed by atoms with van der Waals surface area (Å²) >= 11 is 0. The van der Waals surface area contributed by atoms with Crippen LogP contribution in [0, 0.1) is 0 Å². The smallest absolute Gasteiger partial charge is 0.262 e. The number of rotatable bonds is 4. The minimum Gasteiger partial charge on any atom is -0.490 e. The van der Waals surface area contributed by atoms with Gasteiger partial charge in [0.05, 0.1) is 17.1 Å². The summed E-state index contributed by atoms with van der Waals surface area (Å²) in [5.41, 5.74) is 4.13. The van der Waals surface area contributed by atoms with Gasteiger partial charge in [0, 0.05) is 51.0 Å². The van der Waals surface area contributed by atoms with Gasteiger partial charge in [0.15, 0.2) is 0 Å². The Balaban J connectivity index is 1.38. The van der Waals surface area contributed by atoms with E-state index in [-0.39, 0.29) is 4.90 Å². The fourth-order valence-corrected chi connectivity index (χ4v) is 5.94. The van der Waals surface area contributed by atoms with Crippen LogP contribution in [0.1, 0.15) is 23.6 Å². The Morgan fingerprint density at radius 1 is 1.00 bits per heavy atom. The molecule has 1 N–H and O–H groups in total. The SMILES string of the molecule is CN1CCN(C2CCc3ccc(NS(=O)(=O)c4ccc5c(c4)OCCN5C)cc32)CC1. The lowest BCUT2D eigenvalue weighted by atomic mass is 10.1. The number of piperazine rings is 1. The molecule has 0 amide bonds. The van der Waals surface area contributed by atoms with E-state index in [1.165, 1.54) is 11.1 Å². The summed E-state index contributed by atoms with van der Waals surface area (Å²) in [6, 6.07) is 11.4. The lowest BCUT2D eigenvalue weighted by Crippen LogP contribution is -2.45. The third kappa shape index (κ3) is 4.00. The minimum absolute atomic E-state index is 0.220. The van der Waals surface area contributed by atoms with Gasteiger partial charge in [-0.05, 0) is 55.3 Å². The standard InChI is InChI=1S/C23H30N4O3S/c1-25-9-11-27(12-10-25)21-7-4-17-3-5-18(15-20(17)21)24-31(28,29)19-6-8-22-23(16-19)30-14-13-26(22)2/h3,5-6,8,15-16,21,24H,4,7,9-14H2,1-2H3. The number of aryl methyl sites for hydroxylation is 1. The highest BCUT2D eigenvalue weighted by molar-refractivity contribution is 7.92. The Bertz CT molecular complexity index is 1080. The quantitative estimate of drug-likeness (QED) is 0.785. The molecule has 166 valence electrons. The fraction of sp³-hybridized carbons (Fsp3) is 0.478. The average molecular weight is 443 g/mol. The number of anilines is 2. The zero-order valence-electron chi connectivity index (χ0n) is 18.2. The van der Waals surface area contributed by atoms with Gasteiger partial charge in [-0.3, -0.25) is 9.62 Å². The first-order chi connectivity index (χ1) is 14.9. The Kier molecular flexibility index (Phi) is 5.32. The van der Waals surface area contributed by atoms with Crippen molar-refractivity contribution < 1.29 is 13.2 Å². The first-order valence-corrected chi connectivity index (χ1v) is 12.5. The van der Waals surface area contributed by atoms with Crippen LogP contribution in [0.2, 0.25) is 0 Å². The van der Waals surface area contributed by atoms with Gasteiger partial charge in [0.25, 0.3) is 10.0 Å². The topological polar surface area (TPSA) is 65.1 Å². The maximum absolute atomic E-state index is 13.1. The number of hydrogen-bond acceptors (Lipinski definition) is 6. The predicted molar refractivity (Wildman–Crippen MR) is 123 cm³/mol. The van der Waals surface area contributed by atoms with Crippen molar-refractivity contribution in [3.63, 3.8) is 0 Å². The molecule has 7 nitrogen and oxygen atoms in total. The Morgan fingerprint density at radius 3 is 2.61 bits per heavy atom. The summed E-state index contributed by atoms with van der Waals surface area (Å²) < 4.78 is 34.7. The summed E-state index contributed by atoms with van der Waals surface area (Å²) in [5, 5.41) is 0. The van der Waals surface area contributed by atoms with Crippen molar-refractivity contribution >= 4 is 21.4 Å². The van der Waals surface area contributed by atoms with Crippen molar-refractivity contribution in [2.75, 3.05) is 63.0 Å². The number of nitrogens with zero attached hydrogens (tertiary/aromatic N) is 3. The highest BCUT2D eigenvalue weighted by Crippen LogP contribution is 2.38. The summed E-state index contributed by atoms with van der Waals surface area (Å²) in [7, 11) is 0.444. The van der Waals surface area contributed by atoms with Crippen molar-refractivity contribution in [1.82, 2.24) is 9.80 Å². The van der Waals surface area contributed by atoms with Gasteiger partial charge in [0.1, 0.15) is 12.4 Å². The van der Waals surface area contributed by atoms with Crippen LogP contribution in [0.4, 0.5) is 11.4 Å². The maximum atomic E-state index is 13.1. The zero-order chi connectivity index (χ0) is 21.6. The lowest BCUT2D eigenvalue weighted by Gasteiger charge is -2.36. The Morgan fingerprint density at radius 2 is 1.81 bits per heavy atom. The Labute approximate surface area is 184 Å². The molecule has 1 fully saturated rings. The summed E-state index contributed by atoms with van der Waals surface area (Å²) in [6.07, 6.45) is 2.15. The molecule has 0 bridgehead atoms. The highest BCUT2D eigenvalue weighted by atomic mass is 32.2. The molecular formula is C23H30N4O3S. The summed E-state index contributed by atoms with van der Waals surface area (Å²) in [4.78, 5) is 7.19. The molecule has 1 atom stereocenters. The number of sulfonamides is 1. The summed E-state index contributed by atoms with van der Waals surface area (Å²) in [6.45, 7) is 5.61. The van der Waals surface area contributed by atoms with Crippen molar-refractivity contribution in [1.29, 1.82) is 0 Å². The number of likely N-dealkylation sites (N-methyl/N-ethyl adjacent to an activating group) is 2. The molecule has 0 saturated carbocycles. The van der Waals surface area contributed by atoms with Crippen LogP contribution in [-0.4, -0.2) is 71.6 Å². The number of fused-ring (bicyclic) bond motifs is 2. The zero-order valence-corrected chi connectivity index (χ0v) is 19.0. The van der Waals surface area contributed by atoms with Crippen molar-refractivity contribution in [2.45, 2.75) is 23.8 Å². The maximum Gasteiger partial charge on any atom is 0.262 e. The molecule has 1 saturated heterocycles. The molecule has 0 radical (unpaired) electrons. The van der Waals surface area contributed by atoms with Crippen LogP contribution in [0.25, 0.3) is 0 Å². The van der Waals surface area contributed by atoms with Crippen LogP contribution in [-0.2, 0) is 16.4 Å². The van der Waals surface area contributed by atoms with Crippen LogP contribution >= 0.6 is 0 Å². The number of nitrogens with one attached hydrogen (secondary N) is 1. The van der Waals surface area contributed by atoms with E-state index in [1.807, 2.05) is 25.2 Å². The largest absolute Gasteiger partial charge is 0.490 e. The van der Waals surface area contributed by atoms with E-state index < -0.39 is 10.0 Å². The number of ether oxygens (including phenoxy) is 1. The molecule has 2 aromatic carbocycles. The summed E-state index contributed by atoms with van der Waals surface area (Å²) in [5.74, 6) is 0.612. The van der Waals surface area contributed by atoms with E-state index in [1.54, 1.807) is 12.1 Å². The molecule has 0 aromatic heterocycles. The molecule has 5 rings (SSSR count). The molecule has 2 heterocycles. The molecule has 0 spiro atoms. The Hall–Kier alpha value is -2.29. The molecule has 1 unspecified atom stereocenters. The van der Waals surface area contributed by atoms with Gasteiger partial charge in [-0.1, -0.05) is 6.07 Å². The van der Waals surface area contributed by atoms with Gasteiger partial charge >= 0.3 is 0 Å². The van der Waals surface area contributed by atoms with Crippen LogP contribution in [0.15, 0.2) is 41.3 Å². The van der Waals surface area contributed by atoms with Crippen LogP contribution < -0.4 is 14.4 Å². The van der Waals surface area contributed by atoms with Gasteiger partial charge < -0.3 is 14.5 Å². The average Bonchev–Trinajstić information content (AvgIpc) is 3.17. The van der Waals surface area contributed by atoms with E-state index >= 15 is 0 Å². The number of benzene rings is 2. The molecular weight excluding hydrogens is 412 g/mol. The van der Waals surface area contributed by atoms with E-state index in [2.05, 4.69) is 32.5 Å². The molecule has 1 aliphatic carbocycles. The third-order valence-electron chi connectivity index (χ3n) is 6.76. The molecule has 2 aromatic rings. The van der Waals surface area contributed by atoms with E-state index in [0.717, 1.165) is 51.3 Å². The molecule has 8 heteroatoms. The van der Waals surface area contributed by atoms with Crippen LogP contribution in [0.5, 0.6) is 5.75 Å². The van der Waals surface area contributed by atoms with Gasteiger partial charge in [0.2, 0.25) is 0 Å². The number of hydrogen-bond donors (Lipinski definition) is 1. The first-order valence-electron chi connectivity index (χ1n) is 11.0. The molecule has 3 aliphatic rings. The molecule has 31 heavy (non-hydrogen) atoms. The van der Waals surface area contributed by atoms with Crippen molar-refractivity contribution in [2.24, 2.45) is 0 Å². The van der Waals surface area contributed by atoms with Crippen molar-refractivity contribution in [3.05, 3.63) is 47.5 Å². The van der Waals surface area contributed by atoms with Gasteiger partial charge in [-0.2, -0.15) is 0 Å². The second-order valence-corrected chi connectivity index (χ2v) is 10.5. The minimum atomic E-state index is -3.70. The fourth-order valence-electron chi connectivity index (χ4n) is 4.88. The first kappa shape index (κ1) is 20.6. The van der Waals surface area contributed by atoms with Crippen molar-refractivity contribution in [3.8, 4) is 5.75 Å². The van der Waals surface area contributed by atoms with E-state index in [4.69, 9.17) is 4.74 Å². The molecule has 2 aliphatic heterocycles. The third-order valence-corrected chi connectivity index (χ3v) is 8.14. The van der Waals surface area contributed by atoms with Gasteiger partial charge in [-0.25, -0.2) is 8.42 Å². The van der Waals surface area contributed by atoms with Crippen LogP contribution in [0.3, 0.4) is 0 Å². The monoisotopic (exact) mass is 442 g/mol. The second-order valence-electron chi connectivity index (χ2n) is 8.81.